The van der Waals surface area contributed by atoms with Crippen LogP contribution >= 0.6 is 11.6 Å². The standard InChI is InChI=1S/C14H23ClN4O/c1-10(2)5-7-20-8-6-19-12(9-15)16-13-11(3)17-18(4)14(13)19/h10H,5-9H2,1-4H3. The van der Waals surface area contributed by atoms with Gasteiger partial charge >= 0.3 is 0 Å². The Morgan fingerprint density at radius 1 is 1.30 bits per heavy atom. The number of aryl methyl sites for hydroxylation is 2. The van der Waals surface area contributed by atoms with Crippen LogP contribution in [0.15, 0.2) is 0 Å². The third-order valence-electron chi connectivity index (χ3n) is 3.39. The van der Waals surface area contributed by atoms with Gasteiger partial charge < -0.3 is 9.30 Å². The van der Waals surface area contributed by atoms with Gasteiger partial charge in [0.15, 0.2) is 5.65 Å². The molecule has 5 nitrogen and oxygen atoms in total. The van der Waals surface area contributed by atoms with Crippen LogP contribution in [0.2, 0.25) is 0 Å². The van der Waals surface area contributed by atoms with Gasteiger partial charge in [-0.05, 0) is 19.3 Å². The highest BCUT2D eigenvalue weighted by Crippen LogP contribution is 2.20. The summed E-state index contributed by atoms with van der Waals surface area (Å²) in [5, 5.41) is 4.40. The molecule has 0 bridgehead atoms. The van der Waals surface area contributed by atoms with E-state index in [0.717, 1.165) is 42.3 Å². The van der Waals surface area contributed by atoms with Crippen molar-refractivity contribution in [3.05, 3.63) is 11.5 Å². The molecule has 0 aliphatic carbocycles. The van der Waals surface area contributed by atoms with Crippen LogP contribution in [0.1, 0.15) is 31.8 Å². The van der Waals surface area contributed by atoms with E-state index in [2.05, 4.69) is 28.5 Å². The Morgan fingerprint density at radius 2 is 2.05 bits per heavy atom. The van der Waals surface area contributed by atoms with E-state index in [0.29, 0.717) is 18.4 Å². The van der Waals surface area contributed by atoms with Gasteiger partial charge in [0.25, 0.3) is 0 Å². The Labute approximate surface area is 124 Å². The third-order valence-corrected chi connectivity index (χ3v) is 3.63. The van der Waals surface area contributed by atoms with Crippen molar-refractivity contribution in [1.82, 2.24) is 19.3 Å². The van der Waals surface area contributed by atoms with E-state index in [1.807, 2.05) is 18.7 Å². The minimum Gasteiger partial charge on any atom is -0.380 e. The van der Waals surface area contributed by atoms with Crippen molar-refractivity contribution in [3.63, 3.8) is 0 Å². The first-order valence-corrected chi connectivity index (χ1v) is 7.60. The molecule has 20 heavy (non-hydrogen) atoms. The molecule has 0 unspecified atom stereocenters. The molecule has 0 aliphatic heterocycles. The van der Waals surface area contributed by atoms with Gasteiger partial charge in [-0.2, -0.15) is 5.10 Å². The van der Waals surface area contributed by atoms with Crippen LogP contribution in [-0.2, 0) is 24.2 Å². The fourth-order valence-electron chi connectivity index (χ4n) is 2.29. The molecule has 0 spiro atoms. The third kappa shape index (κ3) is 3.15. The zero-order valence-electron chi connectivity index (χ0n) is 12.7. The number of halogens is 1. The van der Waals surface area contributed by atoms with Crippen molar-refractivity contribution in [2.45, 2.75) is 39.6 Å². The van der Waals surface area contributed by atoms with Gasteiger partial charge in [0.2, 0.25) is 0 Å². The lowest BCUT2D eigenvalue weighted by atomic mass is 10.1. The summed E-state index contributed by atoms with van der Waals surface area (Å²) in [4.78, 5) is 4.57. The van der Waals surface area contributed by atoms with Gasteiger partial charge in [0.1, 0.15) is 11.3 Å². The molecule has 2 aromatic heterocycles. The Kier molecular flexibility index (Phi) is 5.05. The van der Waals surface area contributed by atoms with E-state index in [1.54, 1.807) is 0 Å². The van der Waals surface area contributed by atoms with E-state index < -0.39 is 0 Å². The molecule has 0 radical (unpaired) electrons. The minimum absolute atomic E-state index is 0.403. The number of rotatable bonds is 7. The molecular weight excluding hydrogens is 276 g/mol. The lowest BCUT2D eigenvalue weighted by Crippen LogP contribution is -2.12. The van der Waals surface area contributed by atoms with E-state index >= 15 is 0 Å². The first-order chi connectivity index (χ1) is 9.54. The minimum atomic E-state index is 0.403. The molecule has 0 fully saturated rings. The van der Waals surface area contributed by atoms with Crippen molar-refractivity contribution < 1.29 is 4.74 Å². The molecule has 6 heteroatoms. The number of nitrogens with zero attached hydrogens (tertiary/aromatic N) is 4. The highest BCUT2D eigenvalue weighted by Gasteiger charge is 2.16. The summed E-state index contributed by atoms with van der Waals surface area (Å²) in [5.41, 5.74) is 2.89. The largest absolute Gasteiger partial charge is 0.380 e. The average molecular weight is 299 g/mol. The first kappa shape index (κ1) is 15.3. The fourth-order valence-corrected chi connectivity index (χ4v) is 2.50. The van der Waals surface area contributed by atoms with Crippen molar-refractivity contribution in [1.29, 1.82) is 0 Å². The predicted octanol–water partition coefficient (Wildman–Crippen LogP) is 2.88. The van der Waals surface area contributed by atoms with Gasteiger partial charge in [0, 0.05) is 20.2 Å². The maximum absolute atomic E-state index is 5.99. The molecule has 2 aromatic rings. The van der Waals surface area contributed by atoms with Gasteiger partial charge in [-0.15, -0.1) is 11.6 Å². The highest BCUT2D eigenvalue weighted by molar-refractivity contribution is 6.16. The maximum atomic E-state index is 5.99. The van der Waals surface area contributed by atoms with Crippen molar-refractivity contribution in [2.24, 2.45) is 13.0 Å². The summed E-state index contributed by atoms with van der Waals surface area (Å²) < 4.78 is 9.66. The lowest BCUT2D eigenvalue weighted by molar-refractivity contribution is 0.116. The summed E-state index contributed by atoms with van der Waals surface area (Å²) in [5.74, 6) is 1.96. The van der Waals surface area contributed by atoms with Gasteiger partial charge in [-0.1, -0.05) is 13.8 Å². The van der Waals surface area contributed by atoms with Crippen LogP contribution < -0.4 is 0 Å². The zero-order valence-corrected chi connectivity index (χ0v) is 13.4. The molecule has 0 N–H and O–H groups in total. The quantitative estimate of drug-likeness (QED) is 0.583. The number of imidazole rings is 1. The first-order valence-electron chi connectivity index (χ1n) is 7.07. The molecule has 2 rings (SSSR count). The molecule has 0 aliphatic rings. The summed E-state index contributed by atoms with van der Waals surface area (Å²) in [7, 11) is 1.94. The lowest BCUT2D eigenvalue weighted by Gasteiger charge is -2.10. The molecule has 112 valence electrons. The Morgan fingerprint density at radius 3 is 2.70 bits per heavy atom. The normalized spacial score (nSPS) is 11.9. The van der Waals surface area contributed by atoms with Crippen molar-refractivity contribution >= 4 is 22.8 Å². The molecule has 2 heterocycles. The average Bonchev–Trinajstić information content (AvgIpc) is 2.88. The number of ether oxygens (including phenoxy) is 1. The van der Waals surface area contributed by atoms with E-state index in [9.17, 15) is 0 Å². The summed E-state index contributed by atoms with van der Waals surface area (Å²) in [6, 6.07) is 0. The van der Waals surface area contributed by atoms with E-state index in [4.69, 9.17) is 16.3 Å². The molecule has 0 aromatic carbocycles. The van der Waals surface area contributed by atoms with Crippen LogP contribution in [0.25, 0.3) is 11.2 Å². The second kappa shape index (κ2) is 6.59. The molecule has 0 saturated heterocycles. The second-order valence-corrected chi connectivity index (χ2v) is 5.76. The zero-order chi connectivity index (χ0) is 14.7. The molecule has 0 saturated carbocycles. The summed E-state index contributed by atoms with van der Waals surface area (Å²) >= 11 is 5.99. The molecule has 0 amide bonds. The monoisotopic (exact) mass is 298 g/mol. The van der Waals surface area contributed by atoms with Crippen LogP contribution in [-0.4, -0.2) is 32.5 Å². The SMILES string of the molecule is Cc1nn(C)c2c1nc(CCl)n2CCOCCC(C)C. The Hall–Kier alpha value is -1.07. The van der Waals surface area contributed by atoms with Crippen molar-refractivity contribution in [2.75, 3.05) is 13.2 Å². The van der Waals surface area contributed by atoms with Crippen molar-refractivity contribution in [3.8, 4) is 0 Å². The Bertz CT molecular complexity index is 573. The number of fused-ring (bicyclic) bond motifs is 1. The van der Waals surface area contributed by atoms with Crippen LogP contribution in [0.5, 0.6) is 0 Å². The number of hydrogen-bond donors (Lipinski definition) is 0. The fraction of sp³-hybridized carbons (Fsp3) is 0.714. The highest BCUT2D eigenvalue weighted by atomic mass is 35.5. The molecule has 0 atom stereocenters. The number of aromatic nitrogens is 4. The second-order valence-electron chi connectivity index (χ2n) is 5.49. The predicted molar refractivity (Wildman–Crippen MR) is 81.1 cm³/mol. The topological polar surface area (TPSA) is 44.9 Å². The van der Waals surface area contributed by atoms with E-state index in [1.165, 1.54) is 0 Å². The van der Waals surface area contributed by atoms with Crippen LogP contribution in [0.3, 0.4) is 0 Å². The summed E-state index contributed by atoms with van der Waals surface area (Å²) in [6.07, 6.45) is 1.09. The van der Waals surface area contributed by atoms with E-state index in [-0.39, 0.29) is 0 Å². The van der Waals surface area contributed by atoms with Crippen LogP contribution in [0, 0.1) is 12.8 Å². The van der Waals surface area contributed by atoms with Gasteiger partial charge in [-0.3, -0.25) is 4.68 Å². The number of hydrogen-bond acceptors (Lipinski definition) is 3. The smallest absolute Gasteiger partial charge is 0.158 e. The van der Waals surface area contributed by atoms with Gasteiger partial charge in [-0.25, -0.2) is 4.98 Å². The van der Waals surface area contributed by atoms with Crippen LogP contribution in [0.4, 0.5) is 0 Å². The maximum Gasteiger partial charge on any atom is 0.158 e. The molecular formula is C14H23ClN4O. The summed E-state index contributed by atoms with van der Waals surface area (Å²) in [6.45, 7) is 8.61. The Balaban J connectivity index is 2.08. The number of alkyl halides is 1. The van der Waals surface area contributed by atoms with Gasteiger partial charge in [0.05, 0.1) is 18.2 Å².